The zero-order valence-corrected chi connectivity index (χ0v) is 10.6. The maximum atomic E-state index is 9.49. The molecule has 2 fully saturated rings. The summed E-state index contributed by atoms with van der Waals surface area (Å²) in [5, 5.41) is 13.1. The Hall–Kier alpha value is -0.550. The molecule has 0 spiro atoms. The van der Waals surface area contributed by atoms with E-state index in [-0.39, 0.29) is 5.54 Å². The number of nitrogens with zero attached hydrogens (tertiary/aromatic N) is 1. The quantitative estimate of drug-likeness (QED) is 0.789. The molecule has 2 heteroatoms. The number of hydrogen-bond donors (Lipinski definition) is 1. The lowest BCUT2D eigenvalue weighted by Crippen LogP contribution is -2.51. The third kappa shape index (κ3) is 2.58. The molecule has 0 saturated heterocycles. The van der Waals surface area contributed by atoms with Gasteiger partial charge in [-0.2, -0.15) is 5.26 Å². The fraction of sp³-hybridized carbons (Fsp3) is 0.929. The summed E-state index contributed by atoms with van der Waals surface area (Å²) in [6, 6.07) is 3.05. The van der Waals surface area contributed by atoms with Crippen LogP contribution in [0.15, 0.2) is 0 Å². The molecule has 0 amide bonds. The first kappa shape index (κ1) is 11.9. The van der Waals surface area contributed by atoms with Crippen LogP contribution < -0.4 is 5.32 Å². The van der Waals surface area contributed by atoms with Crippen LogP contribution in [0, 0.1) is 23.2 Å². The lowest BCUT2D eigenvalue weighted by atomic mass is 9.74. The van der Waals surface area contributed by atoms with Gasteiger partial charge in [0.1, 0.15) is 5.54 Å². The molecule has 2 rings (SSSR count). The molecule has 2 saturated carbocycles. The minimum absolute atomic E-state index is 0.207. The molecule has 1 N–H and O–H groups in total. The smallest absolute Gasteiger partial charge is 0.107 e. The van der Waals surface area contributed by atoms with Crippen molar-refractivity contribution in [2.75, 3.05) is 0 Å². The largest absolute Gasteiger partial charge is 0.297 e. The minimum Gasteiger partial charge on any atom is -0.297 e. The lowest BCUT2D eigenvalue weighted by Gasteiger charge is -2.38. The van der Waals surface area contributed by atoms with Gasteiger partial charge in [-0.25, -0.2) is 0 Å². The van der Waals surface area contributed by atoms with Crippen LogP contribution in [-0.2, 0) is 0 Å². The summed E-state index contributed by atoms with van der Waals surface area (Å²) in [7, 11) is 0. The highest BCUT2D eigenvalue weighted by atomic mass is 15.0. The number of nitrogens with one attached hydrogen (secondary N) is 1. The summed E-state index contributed by atoms with van der Waals surface area (Å²) in [6.07, 6.45) is 8.67. The summed E-state index contributed by atoms with van der Waals surface area (Å²) in [4.78, 5) is 0. The summed E-state index contributed by atoms with van der Waals surface area (Å²) >= 11 is 0. The van der Waals surface area contributed by atoms with Crippen molar-refractivity contribution in [2.45, 2.75) is 70.4 Å². The lowest BCUT2D eigenvalue weighted by molar-refractivity contribution is 0.197. The SMILES string of the molecule is CCC(C)NC1(C#N)CCCC(C2CC2)C1. The van der Waals surface area contributed by atoms with Crippen molar-refractivity contribution in [2.24, 2.45) is 11.8 Å². The molecule has 0 radical (unpaired) electrons. The highest BCUT2D eigenvalue weighted by molar-refractivity contribution is 5.11. The molecule has 2 aliphatic carbocycles. The molecule has 3 atom stereocenters. The molecule has 0 bridgehead atoms. The molecule has 0 aromatic heterocycles. The normalized spacial score (nSPS) is 36.7. The van der Waals surface area contributed by atoms with Crippen LogP contribution in [-0.4, -0.2) is 11.6 Å². The van der Waals surface area contributed by atoms with Crippen molar-refractivity contribution in [3.05, 3.63) is 0 Å². The molecule has 0 aromatic rings. The van der Waals surface area contributed by atoms with Gasteiger partial charge in [0, 0.05) is 6.04 Å². The van der Waals surface area contributed by atoms with Crippen LogP contribution in [0.5, 0.6) is 0 Å². The highest BCUT2D eigenvalue weighted by Gasteiger charge is 2.42. The molecular formula is C14H24N2. The Morgan fingerprint density at radius 3 is 2.69 bits per heavy atom. The van der Waals surface area contributed by atoms with E-state index in [0.29, 0.717) is 6.04 Å². The van der Waals surface area contributed by atoms with E-state index in [0.717, 1.165) is 31.1 Å². The fourth-order valence-electron chi connectivity index (χ4n) is 3.13. The van der Waals surface area contributed by atoms with Gasteiger partial charge in [-0.3, -0.25) is 5.32 Å². The van der Waals surface area contributed by atoms with Crippen molar-refractivity contribution in [1.82, 2.24) is 5.32 Å². The van der Waals surface area contributed by atoms with Crippen LogP contribution >= 0.6 is 0 Å². The second-order valence-corrected chi connectivity index (χ2v) is 5.84. The van der Waals surface area contributed by atoms with Gasteiger partial charge >= 0.3 is 0 Å². The first-order valence-electron chi connectivity index (χ1n) is 6.88. The van der Waals surface area contributed by atoms with Crippen LogP contribution in [0.1, 0.15) is 58.8 Å². The highest BCUT2D eigenvalue weighted by Crippen LogP contribution is 2.46. The Morgan fingerprint density at radius 2 is 2.12 bits per heavy atom. The van der Waals surface area contributed by atoms with Gasteiger partial charge in [0.15, 0.2) is 0 Å². The predicted octanol–water partition coefficient (Wildman–Crippen LogP) is 3.24. The Kier molecular flexibility index (Phi) is 3.54. The molecule has 2 nitrogen and oxygen atoms in total. The number of nitriles is 1. The predicted molar refractivity (Wildman–Crippen MR) is 65.9 cm³/mol. The van der Waals surface area contributed by atoms with E-state index in [1.54, 1.807) is 0 Å². The summed E-state index contributed by atoms with van der Waals surface area (Å²) in [5.74, 6) is 1.77. The van der Waals surface area contributed by atoms with Crippen molar-refractivity contribution >= 4 is 0 Å². The van der Waals surface area contributed by atoms with Gasteiger partial charge in [0.25, 0.3) is 0 Å². The van der Waals surface area contributed by atoms with Crippen LogP contribution in [0.2, 0.25) is 0 Å². The minimum atomic E-state index is -0.207. The zero-order valence-electron chi connectivity index (χ0n) is 10.6. The van der Waals surface area contributed by atoms with E-state index in [1.165, 1.54) is 25.7 Å². The standard InChI is InChI=1S/C14H24N2/c1-3-11(2)16-14(10-15)8-4-5-13(9-14)12-6-7-12/h11-13,16H,3-9H2,1-2H3. The van der Waals surface area contributed by atoms with E-state index in [9.17, 15) is 5.26 Å². The second-order valence-electron chi connectivity index (χ2n) is 5.84. The summed E-state index contributed by atoms with van der Waals surface area (Å²) in [5.41, 5.74) is -0.207. The van der Waals surface area contributed by atoms with E-state index in [2.05, 4.69) is 25.2 Å². The van der Waals surface area contributed by atoms with Crippen molar-refractivity contribution in [3.63, 3.8) is 0 Å². The van der Waals surface area contributed by atoms with Crippen LogP contribution in [0.3, 0.4) is 0 Å². The Morgan fingerprint density at radius 1 is 1.38 bits per heavy atom. The fourth-order valence-corrected chi connectivity index (χ4v) is 3.13. The maximum Gasteiger partial charge on any atom is 0.107 e. The number of hydrogen-bond acceptors (Lipinski definition) is 2. The van der Waals surface area contributed by atoms with Crippen molar-refractivity contribution < 1.29 is 0 Å². The summed E-state index contributed by atoms with van der Waals surface area (Å²) in [6.45, 7) is 4.38. The van der Waals surface area contributed by atoms with Crippen molar-refractivity contribution in [1.29, 1.82) is 5.26 Å². The molecule has 0 heterocycles. The Bertz CT molecular complexity index is 277. The van der Waals surface area contributed by atoms with Gasteiger partial charge in [-0.05, 0) is 57.3 Å². The molecule has 3 unspecified atom stereocenters. The van der Waals surface area contributed by atoms with E-state index >= 15 is 0 Å². The van der Waals surface area contributed by atoms with E-state index < -0.39 is 0 Å². The van der Waals surface area contributed by atoms with Crippen molar-refractivity contribution in [3.8, 4) is 6.07 Å². The van der Waals surface area contributed by atoms with E-state index in [4.69, 9.17) is 0 Å². The van der Waals surface area contributed by atoms with Gasteiger partial charge in [-0.1, -0.05) is 13.3 Å². The third-order valence-corrected chi connectivity index (χ3v) is 4.43. The Balaban J connectivity index is 1.99. The maximum absolute atomic E-state index is 9.49. The molecule has 90 valence electrons. The zero-order chi connectivity index (χ0) is 11.6. The first-order valence-corrected chi connectivity index (χ1v) is 6.88. The average molecular weight is 220 g/mol. The Labute approximate surface area is 99.4 Å². The van der Waals surface area contributed by atoms with Gasteiger partial charge in [0.05, 0.1) is 6.07 Å². The number of rotatable bonds is 4. The monoisotopic (exact) mass is 220 g/mol. The molecule has 0 aliphatic heterocycles. The summed E-state index contributed by atoms with van der Waals surface area (Å²) < 4.78 is 0. The van der Waals surface area contributed by atoms with Gasteiger partial charge < -0.3 is 0 Å². The van der Waals surface area contributed by atoms with Gasteiger partial charge in [0.2, 0.25) is 0 Å². The van der Waals surface area contributed by atoms with Crippen LogP contribution in [0.25, 0.3) is 0 Å². The molecule has 2 aliphatic rings. The van der Waals surface area contributed by atoms with Crippen LogP contribution in [0.4, 0.5) is 0 Å². The van der Waals surface area contributed by atoms with E-state index in [1.807, 2.05) is 0 Å². The third-order valence-electron chi connectivity index (χ3n) is 4.43. The molecular weight excluding hydrogens is 196 g/mol. The topological polar surface area (TPSA) is 35.8 Å². The molecule has 0 aromatic carbocycles. The first-order chi connectivity index (χ1) is 7.69. The second kappa shape index (κ2) is 4.75. The molecule has 16 heavy (non-hydrogen) atoms. The van der Waals surface area contributed by atoms with Gasteiger partial charge in [-0.15, -0.1) is 0 Å². The average Bonchev–Trinajstić information content (AvgIpc) is 3.13.